The maximum absolute atomic E-state index is 13.2. The number of hydrogen-bond donors (Lipinski definition) is 1. The van der Waals surface area contributed by atoms with Gasteiger partial charge in [0.1, 0.15) is 11.9 Å². The van der Waals surface area contributed by atoms with Gasteiger partial charge in [0.2, 0.25) is 0 Å². The van der Waals surface area contributed by atoms with Crippen LogP contribution in [0.4, 0.5) is 4.39 Å². The van der Waals surface area contributed by atoms with Crippen LogP contribution in [0.3, 0.4) is 0 Å². The lowest BCUT2D eigenvalue weighted by molar-refractivity contribution is 0.218. The van der Waals surface area contributed by atoms with E-state index in [-0.39, 0.29) is 5.82 Å². The van der Waals surface area contributed by atoms with Gasteiger partial charge in [0.05, 0.1) is 0 Å². The molecular formula is C14H11BrClFO. The van der Waals surface area contributed by atoms with Gasteiger partial charge in [-0.2, -0.15) is 0 Å². The Morgan fingerprint density at radius 3 is 2.56 bits per heavy atom. The molecule has 0 aliphatic rings. The summed E-state index contributed by atoms with van der Waals surface area (Å²) in [6.45, 7) is 1.84. The number of aryl methyl sites for hydroxylation is 1. The molecule has 0 aliphatic heterocycles. The van der Waals surface area contributed by atoms with Crippen molar-refractivity contribution in [1.82, 2.24) is 0 Å². The van der Waals surface area contributed by atoms with Crippen molar-refractivity contribution in [3.63, 3.8) is 0 Å². The fourth-order valence-corrected chi connectivity index (χ4v) is 2.70. The average Bonchev–Trinajstić information content (AvgIpc) is 2.31. The Bertz CT molecular complexity index is 586. The van der Waals surface area contributed by atoms with Crippen LogP contribution < -0.4 is 0 Å². The molecule has 0 heterocycles. The third kappa shape index (κ3) is 2.74. The lowest BCUT2D eigenvalue weighted by atomic mass is 9.97. The highest BCUT2D eigenvalue weighted by atomic mass is 79.9. The first-order valence-corrected chi connectivity index (χ1v) is 6.55. The summed E-state index contributed by atoms with van der Waals surface area (Å²) in [6.07, 6.45) is -0.882. The van der Waals surface area contributed by atoms with Crippen LogP contribution >= 0.6 is 27.5 Å². The zero-order chi connectivity index (χ0) is 13.3. The number of halogens is 3. The first kappa shape index (κ1) is 13.5. The Balaban J connectivity index is 2.47. The molecule has 0 spiro atoms. The van der Waals surface area contributed by atoms with Crippen molar-refractivity contribution in [2.24, 2.45) is 0 Å². The van der Waals surface area contributed by atoms with Gasteiger partial charge in [-0.15, -0.1) is 0 Å². The van der Waals surface area contributed by atoms with Gasteiger partial charge in [-0.1, -0.05) is 39.7 Å². The van der Waals surface area contributed by atoms with E-state index in [1.165, 1.54) is 12.1 Å². The number of benzene rings is 2. The average molecular weight is 330 g/mol. The summed E-state index contributed by atoms with van der Waals surface area (Å²) in [5.74, 6) is -0.361. The van der Waals surface area contributed by atoms with E-state index in [1.807, 2.05) is 6.92 Å². The number of rotatable bonds is 2. The smallest absolute Gasteiger partial charge is 0.123 e. The summed E-state index contributed by atoms with van der Waals surface area (Å²) in [5.41, 5.74) is 2.05. The van der Waals surface area contributed by atoms with Gasteiger partial charge in [-0.3, -0.25) is 0 Å². The first-order valence-electron chi connectivity index (χ1n) is 5.38. The second-order valence-corrected chi connectivity index (χ2v) is 5.36. The van der Waals surface area contributed by atoms with Crippen molar-refractivity contribution in [3.05, 3.63) is 68.4 Å². The molecule has 2 aromatic carbocycles. The molecule has 1 nitrogen and oxygen atoms in total. The Labute approximate surface area is 118 Å². The maximum atomic E-state index is 13.2. The molecule has 2 rings (SSSR count). The van der Waals surface area contributed by atoms with Crippen molar-refractivity contribution in [3.8, 4) is 0 Å². The number of aliphatic hydroxyl groups excluding tert-OH is 1. The van der Waals surface area contributed by atoms with Crippen molar-refractivity contribution >= 4 is 27.5 Å². The molecule has 0 aliphatic carbocycles. The predicted molar refractivity (Wildman–Crippen MR) is 74.4 cm³/mol. The highest BCUT2D eigenvalue weighted by molar-refractivity contribution is 9.10. The van der Waals surface area contributed by atoms with E-state index in [0.29, 0.717) is 20.6 Å². The van der Waals surface area contributed by atoms with Gasteiger partial charge in [0, 0.05) is 9.50 Å². The van der Waals surface area contributed by atoms with Gasteiger partial charge >= 0.3 is 0 Å². The summed E-state index contributed by atoms with van der Waals surface area (Å²) < 4.78 is 13.9. The van der Waals surface area contributed by atoms with Crippen molar-refractivity contribution in [1.29, 1.82) is 0 Å². The minimum atomic E-state index is -0.882. The molecule has 1 N–H and O–H groups in total. The zero-order valence-electron chi connectivity index (χ0n) is 9.62. The van der Waals surface area contributed by atoms with Crippen molar-refractivity contribution in [2.45, 2.75) is 13.0 Å². The summed E-state index contributed by atoms with van der Waals surface area (Å²) >= 11 is 9.20. The van der Waals surface area contributed by atoms with E-state index in [1.54, 1.807) is 24.3 Å². The Hall–Kier alpha value is -0.900. The van der Waals surface area contributed by atoms with Crippen LogP contribution in [0.15, 0.2) is 40.9 Å². The molecule has 1 unspecified atom stereocenters. The second-order valence-electron chi connectivity index (χ2n) is 4.07. The Kier molecular flexibility index (Phi) is 4.05. The highest BCUT2D eigenvalue weighted by Crippen LogP contribution is 2.32. The molecule has 94 valence electrons. The van der Waals surface area contributed by atoms with Crippen molar-refractivity contribution in [2.75, 3.05) is 0 Å². The van der Waals surface area contributed by atoms with E-state index in [4.69, 9.17) is 11.6 Å². The number of aliphatic hydroxyl groups is 1. The molecule has 4 heteroatoms. The lowest BCUT2D eigenvalue weighted by Crippen LogP contribution is -2.03. The van der Waals surface area contributed by atoms with Crippen LogP contribution in [0.1, 0.15) is 22.8 Å². The van der Waals surface area contributed by atoms with Crippen LogP contribution in [0.25, 0.3) is 0 Å². The van der Waals surface area contributed by atoms with Crippen LogP contribution in [0, 0.1) is 12.7 Å². The third-order valence-electron chi connectivity index (χ3n) is 2.79. The molecule has 1 atom stereocenters. The summed E-state index contributed by atoms with van der Waals surface area (Å²) in [4.78, 5) is 0. The van der Waals surface area contributed by atoms with Gasteiger partial charge in [-0.05, 0) is 47.9 Å². The summed E-state index contributed by atoms with van der Waals surface area (Å²) in [5, 5.41) is 10.9. The first-order chi connectivity index (χ1) is 8.49. The van der Waals surface area contributed by atoms with Crippen LogP contribution in [-0.4, -0.2) is 5.11 Å². The second kappa shape index (κ2) is 5.39. The molecule has 0 saturated carbocycles. The molecule has 0 radical (unpaired) electrons. The lowest BCUT2D eigenvalue weighted by Gasteiger charge is -2.16. The maximum Gasteiger partial charge on any atom is 0.123 e. The fourth-order valence-electron chi connectivity index (χ4n) is 1.80. The van der Waals surface area contributed by atoms with Gasteiger partial charge < -0.3 is 5.11 Å². The fraction of sp³-hybridized carbons (Fsp3) is 0.143. The monoisotopic (exact) mass is 328 g/mol. The van der Waals surface area contributed by atoms with E-state index in [9.17, 15) is 9.50 Å². The van der Waals surface area contributed by atoms with Crippen LogP contribution in [0.5, 0.6) is 0 Å². The van der Waals surface area contributed by atoms with Gasteiger partial charge in [0.25, 0.3) is 0 Å². The highest BCUT2D eigenvalue weighted by Gasteiger charge is 2.16. The van der Waals surface area contributed by atoms with Crippen LogP contribution in [0.2, 0.25) is 5.02 Å². The molecule has 0 saturated heterocycles. The van der Waals surface area contributed by atoms with E-state index in [0.717, 1.165) is 5.56 Å². The molecule has 18 heavy (non-hydrogen) atoms. The summed E-state index contributed by atoms with van der Waals surface area (Å²) in [7, 11) is 0. The zero-order valence-corrected chi connectivity index (χ0v) is 12.0. The standard InChI is InChI=1S/C14H11BrClFO/c1-8-2-4-10(17)7-12(8)14(18)11-5-3-9(16)6-13(11)15/h2-7,14,18H,1H3. The summed E-state index contributed by atoms with van der Waals surface area (Å²) in [6, 6.07) is 9.50. The minimum Gasteiger partial charge on any atom is -0.384 e. The molecule has 0 aromatic heterocycles. The topological polar surface area (TPSA) is 20.2 Å². The minimum absolute atomic E-state index is 0.361. The Morgan fingerprint density at radius 1 is 1.17 bits per heavy atom. The molecule has 0 amide bonds. The normalized spacial score (nSPS) is 12.5. The third-order valence-corrected chi connectivity index (χ3v) is 3.71. The Morgan fingerprint density at radius 2 is 1.89 bits per heavy atom. The SMILES string of the molecule is Cc1ccc(F)cc1C(O)c1ccc(Cl)cc1Br. The van der Waals surface area contributed by atoms with Gasteiger partial charge in [0.15, 0.2) is 0 Å². The molecule has 0 fully saturated rings. The van der Waals surface area contributed by atoms with E-state index >= 15 is 0 Å². The largest absolute Gasteiger partial charge is 0.384 e. The molecule has 0 bridgehead atoms. The number of hydrogen-bond acceptors (Lipinski definition) is 1. The molecular weight excluding hydrogens is 319 g/mol. The van der Waals surface area contributed by atoms with Gasteiger partial charge in [-0.25, -0.2) is 4.39 Å². The van der Waals surface area contributed by atoms with Crippen LogP contribution in [-0.2, 0) is 0 Å². The van der Waals surface area contributed by atoms with E-state index in [2.05, 4.69) is 15.9 Å². The quantitative estimate of drug-likeness (QED) is 0.851. The van der Waals surface area contributed by atoms with Crippen molar-refractivity contribution < 1.29 is 9.50 Å². The molecule has 2 aromatic rings. The van der Waals surface area contributed by atoms with E-state index < -0.39 is 6.10 Å². The predicted octanol–water partition coefficient (Wildman–Crippen LogP) is 4.63.